The topological polar surface area (TPSA) is 105 Å². The van der Waals surface area contributed by atoms with Gasteiger partial charge in [0.2, 0.25) is 0 Å². The Balaban J connectivity index is 1.82. The van der Waals surface area contributed by atoms with Crippen LogP contribution >= 0.6 is 0 Å². The van der Waals surface area contributed by atoms with Gasteiger partial charge in [-0.3, -0.25) is 4.55 Å². The maximum Gasteiger partial charge on any atom is 0.321 e. The summed E-state index contributed by atoms with van der Waals surface area (Å²) in [5.41, 5.74) is 0.379. The standard InChI is InChI=1S/C14H14N2O5S/c17-14(15-10-21-12-4-2-1-3-5-12)16-11-6-8-13(9-7-11)22(18,19)20/h1-9H,10H2,(H2,15,16,17)(H,18,19,20). The second-order valence-electron chi connectivity index (χ2n) is 4.23. The highest BCUT2D eigenvalue weighted by atomic mass is 32.2. The summed E-state index contributed by atoms with van der Waals surface area (Å²) in [7, 11) is -4.24. The Morgan fingerprint density at radius 1 is 1.05 bits per heavy atom. The van der Waals surface area contributed by atoms with Crippen molar-refractivity contribution in [2.75, 3.05) is 12.0 Å². The van der Waals surface area contributed by atoms with Crippen LogP contribution in [-0.4, -0.2) is 25.7 Å². The second kappa shape index (κ2) is 6.92. The molecule has 2 aromatic rings. The van der Waals surface area contributed by atoms with Crippen molar-refractivity contribution in [1.29, 1.82) is 0 Å². The van der Waals surface area contributed by atoms with Gasteiger partial charge in [0.1, 0.15) is 5.75 Å². The number of carbonyl (C=O) groups excluding carboxylic acids is 1. The van der Waals surface area contributed by atoms with Gasteiger partial charge < -0.3 is 15.4 Å². The van der Waals surface area contributed by atoms with Crippen LogP contribution in [0.4, 0.5) is 10.5 Å². The molecule has 0 bridgehead atoms. The van der Waals surface area contributed by atoms with Gasteiger partial charge in [-0.15, -0.1) is 0 Å². The van der Waals surface area contributed by atoms with Crippen LogP contribution in [0.15, 0.2) is 59.5 Å². The van der Waals surface area contributed by atoms with E-state index < -0.39 is 16.1 Å². The number of amides is 2. The van der Waals surface area contributed by atoms with Crippen LogP contribution in [0.2, 0.25) is 0 Å². The van der Waals surface area contributed by atoms with Crippen molar-refractivity contribution in [2.45, 2.75) is 4.90 Å². The van der Waals surface area contributed by atoms with Crippen molar-refractivity contribution in [3.63, 3.8) is 0 Å². The Labute approximate surface area is 127 Å². The molecule has 116 valence electrons. The molecule has 0 unspecified atom stereocenters. The molecule has 3 N–H and O–H groups in total. The van der Waals surface area contributed by atoms with E-state index in [1.165, 1.54) is 24.3 Å². The first kappa shape index (κ1) is 15.8. The van der Waals surface area contributed by atoms with Crippen molar-refractivity contribution < 1.29 is 22.5 Å². The zero-order valence-electron chi connectivity index (χ0n) is 11.4. The molecule has 0 atom stereocenters. The fraction of sp³-hybridized carbons (Fsp3) is 0.0714. The van der Waals surface area contributed by atoms with Gasteiger partial charge in [-0.1, -0.05) is 18.2 Å². The molecular formula is C14H14N2O5S. The Morgan fingerprint density at radius 2 is 1.68 bits per heavy atom. The van der Waals surface area contributed by atoms with Gasteiger partial charge in [0.25, 0.3) is 10.1 Å². The van der Waals surface area contributed by atoms with E-state index in [-0.39, 0.29) is 11.6 Å². The van der Waals surface area contributed by atoms with Crippen molar-refractivity contribution in [1.82, 2.24) is 5.32 Å². The molecule has 0 aliphatic rings. The van der Waals surface area contributed by atoms with Crippen molar-refractivity contribution in [3.05, 3.63) is 54.6 Å². The number of nitrogens with one attached hydrogen (secondary N) is 2. The first-order valence-electron chi connectivity index (χ1n) is 6.25. The lowest BCUT2D eigenvalue weighted by atomic mass is 10.3. The normalized spacial score (nSPS) is 10.8. The van der Waals surface area contributed by atoms with E-state index in [2.05, 4.69) is 10.6 Å². The fourth-order valence-electron chi connectivity index (χ4n) is 1.59. The van der Waals surface area contributed by atoms with E-state index in [1.54, 1.807) is 12.1 Å². The Kier molecular flexibility index (Phi) is 4.97. The molecule has 2 aromatic carbocycles. The molecule has 0 saturated heterocycles. The summed E-state index contributed by atoms with van der Waals surface area (Å²) in [6.07, 6.45) is 0. The molecule has 22 heavy (non-hydrogen) atoms. The zero-order valence-corrected chi connectivity index (χ0v) is 12.2. The quantitative estimate of drug-likeness (QED) is 0.577. The number of ether oxygens (including phenoxy) is 1. The molecule has 7 nitrogen and oxygen atoms in total. The number of hydrogen-bond acceptors (Lipinski definition) is 4. The number of urea groups is 1. The minimum absolute atomic E-state index is 0.0149. The van der Waals surface area contributed by atoms with E-state index in [0.29, 0.717) is 11.4 Å². The van der Waals surface area contributed by atoms with E-state index >= 15 is 0 Å². The number of carbonyl (C=O) groups is 1. The third-order valence-electron chi connectivity index (χ3n) is 2.62. The van der Waals surface area contributed by atoms with Crippen LogP contribution in [-0.2, 0) is 10.1 Å². The average molecular weight is 322 g/mol. The van der Waals surface area contributed by atoms with E-state index in [1.807, 2.05) is 18.2 Å². The van der Waals surface area contributed by atoms with Crippen LogP contribution in [0.5, 0.6) is 5.75 Å². The summed E-state index contributed by atoms with van der Waals surface area (Å²) in [4.78, 5) is 11.4. The summed E-state index contributed by atoms with van der Waals surface area (Å²) in [5, 5.41) is 4.98. The van der Waals surface area contributed by atoms with Gasteiger partial charge in [-0.25, -0.2) is 4.79 Å². The highest BCUT2D eigenvalue weighted by molar-refractivity contribution is 7.85. The molecule has 0 fully saturated rings. The van der Waals surface area contributed by atoms with Crippen molar-refractivity contribution in [2.24, 2.45) is 0 Å². The fourth-order valence-corrected chi connectivity index (χ4v) is 2.07. The number of rotatable bonds is 5. The number of para-hydroxylation sites is 1. The van der Waals surface area contributed by atoms with Crippen LogP contribution in [0, 0.1) is 0 Å². The molecule has 0 saturated carbocycles. The smallest absolute Gasteiger partial charge is 0.321 e. The van der Waals surface area contributed by atoms with Crippen LogP contribution in [0.1, 0.15) is 0 Å². The Bertz CT molecular complexity index is 730. The van der Waals surface area contributed by atoms with Gasteiger partial charge in [0, 0.05) is 5.69 Å². The van der Waals surface area contributed by atoms with Gasteiger partial charge >= 0.3 is 6.03 Å². The molecule has 0 aliphatic carbocycles. The first-order valence-corrected chi connectivity index (χ1v) is 7.69. The summed E-state index contributed by atoms with van der Waals surface area (Å²) >= 11 is 0. The monoisotopic (exact) mass is 322 g/mol. The molecule has 2 amide bonds. The third-order valence-corrected chi connectivity index (χ3v) is 3.49. The maximum atomic E-state index is 11.6. The molecule has 8 heteroatoms. The minimum atomic E-state index is -4.24. The van der Waals surface area contributed by atoms with Crippen molar-refractivity contribution in [3.8, 4) is 5.75 Å². The van der Waals surface area contributed by atoms with Gasteiger partial charge in [0.15, 0.2) is 6.73 Å². The second-order valence-corrected chi connectivity index (χ2v) is 5.65. The average Bonchev–Trinajstić information content (AvgIpc) is 2.48. The molecule has 0 aromatic heterocycles. The number of anilines is 1. The first-order chi connectivity index (χ1) is 10.4. The summed E-state index contributed by atoms with van der Waals surface area (Å²) in [6, 6.07) is 13.6. The van der Waals surface area contributed by atoms with E-state index in [0.717, 1.165) is 0 Å². The third kappa shape index (κ3) is 4.76. The van der Waals surface area contributed by atoms with Crippen LogP contribution < -0.4 is 15.4 Å². The molecule has 0 heterocycles. The largest absolute Gasteiger partial charge is 0.473 e. The van der Waals surface area contributed by atoms with Crippen molar-refractivity contribution >= 4 is 21.8 Å². The van der Waals surface area contributed by atoms with Crippen LogP contribution in [0.3, 0.4) is 0 Å². The molecule has 0 spiro atoms. The molecule has 0 aliphatic heterocycles. The van der Waals surface area contributed by atoms with Gasteiger partial charge in [-0.05, 0) is 36.4 Å². The highest BCUT2D eigenvalue weighted by Gasteiger charge is 2.09. The number of hydrogen-bond donors (Lipinski definition) is 3. The predicted octanol–water partition coefficient (Wildman–Crippen LogP) is 2.09. The SMILES string of the molecule is O=C(NCOc1ccccc1)Nc1ccc(S(=O)(=O)O)cc1. The summed E-state index contributed by atoms with van der Waals surface area (Å²) in [6.45, 7) is -0.0149. The predicted molar refractivity (Wildman–Crippen MR) is 80.3 cm³/mol. The highest BCUT2D eigenvalue weighted by Crippen LogP contribution is 2.13. The summed E-state index contributed by atoms with van der Waals surface area (Å²) in [5.74, 6) is 0.625. The van der Waals surface area contributed by atoms with E-state index in [9.17, 15) is 13.2 Å². The lowest BCUT2D eigenvalue weighted by Gasteiger charge is -2.09. The van der Waals surface area contributed by atoms with Gasteiger partial charge in [0.05, 0.1) is 4.90 Å². The number of benzene rings is 2. The van der Waals surface area contributed by atoms with E-state index in [4.69, 9.17) is 9.29 Å². The minimum Gasteiger partial charge on any atom is -0.473 e. The Morgan fingerprint density at radius 3 is 2.27 bits per heavy atom. The summed E-state index contributed by atoms with van der Waals surface area (Å²) < 4.78 is 35.9. The maximum absolute atomic E-state index is 11.6. The van der Waals surface area contributed by atoms with Gasteiger partial charge in [-0.2, -0.15) is 8.42 Å². The molecule has 2 rings (SSSR count). The molecule has 0 radical (unpaired) electrons. The Hall–Kier alpha value is -2.58. The lowest BCUT2D eigenvalue weighted by molar-refractivity contribution is 0.234. The molecular weight excluding hydrogens is 308 g/mol. The lowest BCUT2D eigenvalue weighted by Crippen LogP contribution is -2.31. The zero-order chi connectivity index (χ0) is 16.0. The van der Waals surface area contributed by atoms with Crippen LogP contribution in [0.25, 0.3) is 0 Å².